The fourth-order valence-corrected chi connectivity index (χ4v) is 4.92. The van der Waals surface area contributed by atoms with Crippen LogP contribution in [0.5, 0.6) is 5.75 Å². The van der Waals surface area contributed by atoms with E-state index in [4.69, 9.17) is 27.9 Å². The first-order valence-electron chi connectivity index (χ1n) is 10.7. The first-order chi connectivity index (χ1) is 17.2. The van der Waals surface area contributed by atoms with Crippen molar-refractivity contribution in [3.63, 3.8) is 0 Å². The molecule has 0 radical (unpaired) electrons. The lowest BCUT2D eigenvalue weighted by atomic mass is 10.2. The second-order valence-corrected chi connectivity index (χ2v) is 10.6. The molecule has 1 fully saturated rings. The largest absolute Gasteiger partial charge is 0.488 e. The van der Waals surface area contributed by atoms with Crippen LogP contribution in [0.3, 0.4) is 0 Å². The van der Waals surface area contributed by atoms with Crippen molar-refractivity contribution in [2.75, 3.05) is 11.9 Å². The highest BCUT2D eigenvalue weighted by Gasteiger charge is 2.36. The number of carbonyl (C=O) groups excluding carboxylic acids is 3. The highest BCUT2D eigenvalue weighted by Crippen LogP contribution is 2.34. The Labute approximate surface area is 230 Å². The SMILES string of the molecule is Cc1ccc(NC(=O)CN2C(=O)S/C(=C/c3ccc(OCc4ccc(Cl)cc4)c(Br)c3)C2=O)cc1Cl. The molecule has 1 N–H and O–H groups in total. The number of anilines is 1. The summed E-state index contributed by atoms with van der Waals surface area (Å²) in [5, 5.41) is 3.32. The Bertz CT molecular complexity index is 1380. The van der Waals surface area contributed by atoms with Gasteiger partial charge in [-0.2, -0.15) is 0 Å². The van der Waals surface area contributed by atoms with Gasteiger partial charge in [0.2, 0.25) is 5.91 Å². The number of imide groups is 1. The Balaban J connectivity index is 1.39. The van der Waals surface area contributed by atoms with Gasteiger partial charge in [0, 0.05) is 15.7 Å². The van der Waals surface area contributed by atoms with Crippen LogP contribution >= 0.6 is 50.9 Å². The number of rotatable bonds is 7. The number of halogens is 3. The first-order valence-corrected chi connectivity index (χ1v) is 13.0. The van der Waals surface area contributed by atoms with Crippen molar-refractivity contribution in [1.82, 2.24) is 4.90 Å². The van der Waals surface area contributed by atoms with Crippen LogP contribution < -0.4 is 10.1 Å². The summed E-state index contributed by atoms with van der Waals surface area (Å²) in [4.78, 5) is 38.8. The number of ether oxygens (including phenoxy) is 1. The van der Waals surface area contributed by atoms with Crippen molar-refractivity contribution < 1.29 is 19.1 Å². The molecular formula is C26H19BrCl2N2O4S. The zero-order chi connectivity index (χ0) is 25.8. The van der Waals surface area contributed by atoms with Gasteiger partial charge in [-0.1, -0.05) is 47.5 Å². The van der Waals surface area contributed by atoms with Gasteiger partial charge in [0.15, 0.2) is 0 Å². The number of amides is 3. The molecular weight excluding hydrogens is 587 g/mol. The van der Waals surface area contributed by atoms with Crippen LogP contribution in [0.2, 0.25) is 10.0 Å². The van der Waals surface area contributed by atoms with Crippen molar-refractivity contribution in [2.24, 2.45) is 0 Å². The third-order valence-electron chi connectivity index (χ3n) is 5.19. The fraction of sp³-hybridized carbons (Fsp3) is 0.115. The molecule has 184 valence electrons. The minimum Gasteiger partial charge on any atom is -0.488 e. The minimum absolute atomic E-state index is 0.230. The summed E-state index contributed by atoms with van der Waals surface area (Å²) >= 11 is 16.3. The number of hydrogen-bond donors (Lipinski definition) is 1. The number of hydrogen-bond acceptors (Lipinski definition) is 5. The normalized spacial score (nSPS) is 14.4. The lowest BCUT2D eigenvalue weighted by Gasteiger charge is -2.13. The average Bonchev–Trinajstić information content (AvgIpc) is 3.09. The summed E-state index contributed by atoms with van der Waals surface area (Å²) < 4.78 is 6.55. The lowest BCUT2D eigenvalue weighted by molar-refractivity contribution is -0.127. The van der Waals surface area contributed by atoms with Gasteiger partial charge in [-0.05, 0) is 93.8 Å². The third-order valence-corrected chi connectivity index (χ3v) is 7.38. The summed E-state index contributed by atoms with van der Waals surface area (Å²) in [5.41, 5.74) is 3.03. The topological polar surface area (TPSA) is 75.7 Å². The lowest BCUT2D eigenvalue weighted by Crippen LogP contribution is -2.36. The van der Waals surface area contributed by atoms with Crippen molar-refractivity contribution in [3.05, 3.63) is 96.8 Å². The predicted octanol–water partition coefficient (Wildman–Crippen LogP) is 7.32. The number of thioether (sulfide) groups is 1. The molecule has 0 saturated carbocycles. The van der Waals surface area contributed by atoms with Crippen LogP contribution in [-0.2, 0) is 16.2 Å². The molecule has 3 aromatic carbocycles. The zero-order valence-electron chi connectivity index (χ0n) is 18.9. The number of nitrogens with one attached hydrogen (secondary N) is 1. The van der Waals surface area contributed by atoms with Crippen molar-refractivity contribution in [3.8, 4) is 5.75 Å². The van der Waals surface area contributed by atoms with Crippen LogP contribution in [0.25, 0.3) is 6.08 Å². The molecule has 0 atom stereocenters. The summed E-state index contributed by atoms with van der Waals surface area (Å²) in [5.74, 6) is -0.396. The Morgan fingerprint density at radius 2 is 1.83 bits per heavy atom. The smallest absolute Gasteiger partial charge is 0.294 e. The molecule has 3 amide bonds. The van der Waals surface area contributed by atoms with E-state index >= 15 is 0 Å². The maximum absolute atomic E-state index is 12.8. The zero-order valence-corrected chi connectivity index (χ0v) is 22.8. The molecule has 1 aliphatic rings. The maximum atomic E-state index is 12.8. The Kier molecular flexibility index (Phi) is 8.41. The molecule has 10 heteroatoms. The molecule has 6 nitrogen and oxygen atoms in total. The molecule has 4 rings (SSSR count). The fourth-order valence-electron chi connectivity index (χ4n) is 3.27. The Hall–Kier alpha value is -2.78. The first kappa shape index (κ1) is 26.3. The monoisotopic (exact) mass is 604 g/mol. The maximum Gasteiger partial charge on any atom is 0.294 e. The second kappa shape index (κ2) is 11.5. The molecule has 1 aliphatic heterocycles. The highest BCUT2D eigenvalue weighted by molar-refractivity contribution is 9.10. The van der Waals surface area contributed by atoms with E-state index in [2.05, 4.69) is 21.2 Å². The molecule has 0 aromatic heterocycles. The quantitative estimate of drug-likeness (QED) is 0.286. The van der Waals surface area contributed by atoms with Gasteiger partial charge < -0.3 is 10.1 Å². The van der Waals surface area contributed by atoms with Gasteiger partial charge in [-0.25, -0.2) is 0 Å². The van der Waals surface area contributed by atoms with Gasteiger partial charge in [-0.3, -0.25) is 19.3 Å². The Morgan fingerprint density at radius 1 is 1.08 bits per heavy atom. The van der Waals surface area contributed by atoms with E-state index < -0.39 is 23.6 Å². The van der Waals surface area contributed by atoms with E-state index in [-0.39, 0.29) is 4.91 Å². The molecule has 1 heterocycles. The number of aryl methyl sites for hydroxylation is 1. The predicted molar refractivity (Wildman–Crippen MR) is 147 cm³/mol. The minimum atomic E-state index is -0.527. The van der Waals surface area contributed by atoms with Gasteiger partial charge >= 0.3 is 0 Å². The van der Waals surface area contributed by atoms with Gasteiger partial charge in [0.1, 0.15) is 18.9 Å². The van der Waals surface area contributed by atoms with Gasteiger partial charge in [0.05, 0.1) is 9.38 Å². The summed E-state index contributed by atoms with van der Waals surface area (Å²) in [7, 11) is 0. The number of benzene rings is 3. The second-order valence-electron chi connectivity index (χ2n) is 7.88. The molecule has 3 aromatic rings. The van der Waals surface area contributed by atoms with Crippen LogP contribution in [0.1, 0.15) is 16.7 Å². The van der Waals surface area contributed by atoms with E-state index in [1.807, 2.05) is 19.1 Å². The summed E-state index contributed by atoms with van der Waals surface area (Å²) in [6, 6.07) is 17.8. The number of nitrogens with zero attached hydrogens (tertiary/aromatic N) is 1. The molecule has 36 heavy (non-hydrogen) atoms. The summed E-state index contributed by atoms with van der Waals surface area (Å²) in [6.45, 7) is 1.82. The van der Waals surface area contributed by atoms with E-state index in [0.29, 0.717) is 38.1 Å². The standard InChI is InChI=1S/C26H19BrCl2N2O4S/c1-15-2-8-19(12-21(15)29)30-24(32)13-31-25(33)23(36-26(31)34)11-17-5-9-22(20(27)10-17)35-14-16-3-6-18(28)7-4-16/h2-12H,13-14H2,1H3,(H,30,32)/b23-11+. The van der Waals surface area contributed by atoms with Crippen LogP contribution in [0.4, 0.5) is 10.5 Å². The third kappa shape index (κ3) is 6.50. The molecule has 0 unspecified atom stereocenters. The van der Waals surface area contributed by atoms with Crippen LogP contribution in [0.15, 0.2) is 70.0 Å². The van der Waals surface area contributed by atoms with Gasteiger partial charge in [0.25, 0.3) is 11.1 Å². The van der Waals surface area contributed by atoms with Gasteiger partial charge in [-0.15, -0.1) is 0 Å². The highest BCUT2D eigenvalue weighted by atomic mass is 79.9. The van der Waals surface area contributed by atoms with Crippen molar-refractivity contribution in [2.45, 2.75) is 13.5 Å². The van der Waals surface area contributed by atoms with Crippen molar-refractivity contribution in [1.29, 1.82) is 0 Å². The van der Waals surface area contributed by atoms with E-state index in [9.17, 15) is 14.4 Å². The molecule has 0 spiro atoms. The molecule has 1 saturated heterocycles. The van der Waals surface area contributed by atoms with Crippen LogP contribution in [-0.4, -0.2) is 28.5 Å². The Morgan fingerprint density at radius 3 is 2.53 bits per heavy atom. The molecule has 0 aliphatic carbocycles. The number of carbonyl (C=O) groups is 3. The molecule has 0 bridgehead atoms. The van der Waals surface area contributed by atoms with E-state index in [0.717, 1.165) is 27.8 Å². The van der Waals surface area contributed by atoms with E-state index in [1.165, 1.54) is 0 Å². The van der Waals surface area contributed by atoms with E-state index in [1.54, 1.807) is 54.6 Å². The van der Waals surface area contributed by atoms with Crippen molar-refractivity contribution >= 4 is 79.7 Å². The average molecular weight is 606 g/mol. The van der Waals surface area contributed by atoms with Crippen LogP contribution in [0, 0.1) is 6.92 Å². The summed E-state index contributed by atoms with van der Waals surface area (Å²) in [6.07, 6.45) is 1.61.